The molecule has 1 aromatic heterocycles. The quantitative estimate of drug-likeness (QED) is 0.763. The number of anilines is 1. The fourth-order valence-corrected chi connectivity index (χ4v) is 3.10. The Labute approximate surface area is 160 Å². The smallest absolute Gasteiger partial charge is 0.321 e. The highest BCUT2D eigenvalue weighted by Gasteiger charge is 2.18. The zero-order valence-electron chi connectivity index (χ0n) is 14.7. The molecule has 0 radical (unpaired) electrons. The number of nitrogens with one attached hydrogen (secondary N) is 1. The van der Waals surface area contributed by atoms with Crippen molar-refractivity contribution in [3.8, 4) is 11.8 Å². The minimum Gasteiger partial charge on any atom is -0.497 e. The predicted molar refractivity (Wildman–Crippen MR) is 99.7 cm³/mol. The van der Waals surface area contributed by atoms with Crippen LogP contribution in [0.2, 0.25) is 0 Å². The minimum atomic E-state index is -0.252. The van der Waals surface area contributed by atoms with Gasteiger partial charge in [0.25, 0.3) is 5.91 Å². The number of carbonyl (C=O) groups is 1. The zero-order chi connectivity index (χ0) is 18.5. The van der Waals surface area contributed by atoms with Gasteiger partial charge in [-0.1, -0.05) is 0 Å². The van der Waals surface area contributed by atoms with Crippen molar-refractivity contribution in [2.75, 3.05) is 32.2 Å². The number of rotatable bonds is 6. The molecule has 1 N–H and O–H groups in total. The first-order valence-corrected chi connectivity index (χ1v) is 9.05. The summed E-state index contributed by atoms with van der Waals surface area (Å²) in [5.41, 5.74) is 0.477. The molecule has 26 heavy (non-hydrogen) atoms. The maximum absolute atomic E-state index is 12.5. The summed E-state index contributed by atoms with van der Waals surface area (Å²) in [6, 6.07) is 5.46. The van der Waals surface area contributed by atoms with Gasteiger partial charge in [0.05, 0.1) is 26.3 Å². The topological polar surface area (TPSA) is 89.5 Å². The second-order valence-corrected chi connectivity index (χ2v) is 6.62. The molecule has 0 saturated carbocycles. The Kier molecular flexibility index (Phi) is 5.87. The molecule has 0 unspecified atom stereocenters. The van der Waals surface area contributed by atoms with Gasteiger partial charge in [0.2, 0.25) is 5.95 Å². The highest BCUT2D eigenvalue weighted by molar-refractivity contribution is 9.10. The zero-order valence-corrected chi connectivity index (χ0v) is 16.2. The molecule has 2 heterocycles. The van der Waals surface area contributed by atoms with Gasteiger partial charge in [-0.3, -0.25) is 4.79 Å². The maximum Gasteiger partial charge on any atom is 0.321 e. The van der Waals surface area contributed by atoms with E-state index in [1.807, 2.05) is 0 Å². The largest absolute Gasteiger partial charge is 0.497 e. The van der Waals surface area contributed by atoms with E-state index in [-0.39, 0.29) is 18.5 Å². The van der Waals surface area contributed by atoms with Crippen molar-refractivity contribution in [1.29, 1.82) is 0 Å². The average Bonchev–Trinajstić information content (AvgIpc) is 3.21. The number of halogens is 1. The lowest BCUT2D eigenvalue weighted by molar-refractivity contribution is 0.0948. The average molecular weight is 422 g/mol. The molecule has 0 aliphatic carbocycles. The van der Waals surface area contributed by atoms with E-state index >= 15 is 0 Å². The van der Waals surface area contributed by atoms with Gasteiger partial charge >= 0.3 is 6.01 Å². The number of nitrogens with zero attached hydrogens (tertiary/aromatic N) is 4. The van der Waals surface area contributed by atoms with E-state index < -0.39 is 0 Å². The maximum atomic E-state index is 12.5. The molecule has 1 aliphatic heterocycles. The first-order chi connectivity index (χ1) is 12.6. The van der Waals surface area contributed by atoms with E-state index in [1.165, 1.54) is 7.11 Å². The van der Waals surface area contributed by atoms with Crippen LogP contribution in [-0.2, 0) is 6.54 Å². The number of aromatic nitrogens is 3. The van der Waals surface area contributed by atoms with E-state index in [0.29, 0.717) is 27.6 Å². The lowest BCUT2D eigenvalue weighted by Gasteiger charge is -2.16. The number of hydrogen-bond acceptors (Lipinski definition) is 7. The molecule has 0 bridgehead atoms. The predicted octanol–water partition coefficient (Wildman–Crippen LogP) is 2.18. The van der Waals surface area contributed by atoms with Gasteiger partial charge in [-0.25, -0.2) is 0 Å². The van der Waals surface area contributed by atoms with Gasteiger partial charge in [-0.2, -0.15) is 15.0 Å². The standard InChI is InChI=1S/C17H20BrN5O3/c1-25-11-5-6-13(18)12(9-11)15(24)19-10-14-20-16(22-17(21-14)26-2)23-7-3-4-8-23/h5-6,9H,3-4,7-8,10H2,1-2H3,(H,19,24). The first-order valence-electron chi connectivity index (χ1n) is 8.26. The second-order valence-electron chi connectivity index (χ2n) is 5.76. The van der Waals surface area contributed by atoms with E-state index in [1.54, 1.807) is 25.3 Å². The van der Waals surface area contributed by atoms with Crippen LogP contribution in [0, 0.1) is 0 Å². The van der Waals surface area contributed by atoms with Gasteiger partial charge < -0.3 is 19.7 Å². The van der Waals surface area contributed by atoms with Crippen molar-refractivity contribution in [2.45, 2.75) is 19.4 Å². The second kappa shape index (κ2) is 8.31. The lowest BCUT2D eigenvalue weighted by atomic mass is 10.2. The van der Waals surface area contributed by atoms with Crippen LogP contribution < -0.4 is 19.7 Å². The van der Waals surface area contributed by atoms with E-state index in [4.69, 9.17) is 9.47 Å². The Bertz CT molecular complexity index is 796. The van der Waals surface area contributed by atoms with Crippen LogP contribution in [0.3, 0.4) is 0 Å². The third kappa shape index (κ3) is 4.21. The van der Waals surface area contributed by atoms with Crippen LogP contribution in [-0.4, -0.2) is 48.2 Å². The Morgan fingerprint density at radius 2 is 1.96 bits per heavy atom. The summed E-state index contributed by atoms with van der Waals surface area (Å²) in [7, 11) is 3.07. The molecule has 8 nitrogen and oxygen atoms in total. The minimum absolute atomic E-state index is 0.169. The Morgan fingerprint density at radius 3 is 2.65 bits per heavy atom. The summed E-state index contributed by atoms with van der Waals surface area (Å²) in [6.07, 6.45) is 2.23. The molecule has 3 rings (SSSR count). The van der Waals surface area contributed by atoms with E-state index in [2.05, 4.69) is 41.1 Å². The summed E-state index contributed by atoms with van der Waals surface area (Å²) in [5, 5.41) is 2.83. The van der Waals surface area contributed by atoms with Crippen LogP contribution in [0.25, 0.3) is 0 Å². The number of amides is 1. The molecule has 1 saturated heterocycles. The molecule has 0 atom stereocenters. The third-order valence-corrected chi connectivity index (χ3v) is 4.74. The van der Waals surface area contributed by atoms with E-state index in [0.717, 1.165) is 25.9 Å². The highest BCUT2D eigenvalue weighted by Crippen LogP contribution is 2.22. The van der Waals surface area contributed by atoms with Gasteiger partial charge in [0.15, 0.2) is 5.82 Å². The van der Waals surface area contributed by atoms with Crippen molar-refractivity contribution in [1.82, 2.24) is 20.3 Å². The molecule has 2 aromatic rings. The summed E-state index contributed by atoms with van der Waals surface area (Å²) >= 11 is 3.38. The Hall–Kier alpha value is -2.42. The molecular formula is C17H20BrN5O3. The van der Waals surface area contributed by atoms with Crippen molar-refractivity contribution in [3.63, 3.8) is 0 Å². The van der Waals surface area contributed by atoms with Gasteiger partial charge in [-0.05, 0) is 47.0 Å². The fraction of sp³-hybridized carbons (Fsp3) is 0.412. The fourth-order valence-electron chi connectivity index (χ4n) is 2.68. The summed E-state index contributed by atoms with van der Waals surface area (Å²) in [5.74, 6) is 1.39. The molecule has 1 aliphatic rings. The van der Waals surface area contributed by atoms with Crippen molar-refractivity contribution < 1.29 is 14.3 Å². The Morgan fingerprint density at radius 1 is 1.19 bits per heavy atom. The van der Waals surface area contributed by atoms with Gasteiger partial charge in [0.1, 0.15) is 5.75 Å². The van der Waals surface area contributed by atoms with Crippen LogP contribution in [0.4, 0.5) is 5.95 Å². The number of benzene rings is 1. The number of carbonyl (C=O) groups excluding carboxylic acids is 1. The molecular weight excluding hydrogens is 402 g/mol. The number of hydrogen-bond donors (Lipinski definition) is 1. The molecule has 0 spiro atoms. The lowest BCUT2D eigenvalue weighted by Crippen LogP contribution is -2.26. The Balaban J connectivity index is 1.74. The van der Waals surface area contributed by atoms with E-state index in [9.17, 15) is 4.79 Å². The van der Waals surface area contributed by atoms with Crippen LogP contribution in [0.5, 0.6) is 11.8 Å². The van der Waals surface area contributed by atoms with Gasteiger partial charge in [0, 0.05) is 17.6 Å². The first kappa shape index (κ1) is 18.4. The monoisotopic (exact) mass is 421 g/mol. The summed E-state index contributed by atoms with van der Waals surface area (Å²) in [4.78, 5) is 27.6. The number of methoxy groups -OCH3 is 2. The van der Waals surface area contributed by atoms with Crippen LogP contribution in [0.15, 0.2) is 22.7 Å². The van der Waals surface area contributed by atoms with Gasteiger partial charge in [-0.15, -0.1) is 0 Å². The number of ether oxygens (including phenoxy) is 2. The summed E-state index contributed by atoms with van der Waals surface area (Å²) < 4.78 is 11.0. The molecule has 9 heteroatoms. The summed E-state index contributed by atoms with van der Waals surface area (Å²) in [6.45, 7) is 1.99. The van der Waals surface area contributed by atoms with Crippen LogP contribution in [0.1, 0.15) is 29.0 Å². The normalized spacial score (nSPS) is 13.6. The van der Waals surface area contributed by atoms with Crippen molar-refractivity contribution in [3.05, 3.63) is 34.1 Å². The van der Waals surface area contributed by atoms with Crippen molar-refractivity contribution in [2.24, 2.45) is 0 Å². The highest BCUT2D eigenvalue weighted by atomic mass is 79.9. The third-order valence-electron chi connectivity index (χ3n) is 4.05. The molecule has 138 valence electrons. The van der Waals surface area contributed by atoms with Crippen molar-refractivity contribution >= 4 is 27.8 Å². The molecule has 1 amide bonds. The molecule has 1 aromatic carbocycles. The molecule has 1 fully saturated rings. The SMILES string of the molecule is COc1ccc(Br)c(C(=O)NCc2nc(OC)nc(N3CCCC3)n2)c1. The van der Waals surface area contributed by atoms with Crippen LogP contribution >= 0.6 is 15.9 Å².